The highest BCUT2D eigenvalue weighted by molar-refractivity contribution is 7.89. The number of benzene rings is 1. The molecule has 0 aliphatic carbocycles. The number of hydrogen-bond acceptors (Lipinski definition) is 3. The molecule has 1 aliphatic rings. The molecule has 0 amide bonds. The van der Waals surface area contributed by atoms with Crippen molar-refractivity contribution in [1.82, 2.24) is 4.31 Å². The monoisotopic (exact) mass is 323 g/mol. The topological polar surface area (TPSA) is 57.6 Å². The van der Waals surface area contributed by atoms with Gasteiger partial charge in [-0.05, 0) is 37.0 Å². The van der Waals surface area contributed by atoms with E-state index in [1.165, 1.54) is 4.31 Å². The highest BCUT2D eigenvalue weighted by Crippen LogP contribution is 2.34. The van der Waals surface area contributed by atoms with Gasteiger partial charge in [0.05, 0.1) is 10.5 Å². The van der Waals surface area contributed by atoms with E-state index in [2.05, 4.69) is 0 Å². The highest BCUT2D eigenvalue weighted by Gasteiger charge is 2.34. The maximum Gasteiger partial charge on any atom is 0.416 e. The van der Waals surface area contributed by atoms with Crippen LogP contribution in [-0.2, 0) is 16.2 Å². The van der Waals surface area contributed by atoms with Crippen LogP contribution in [0.4, 0.5) is 13.2 Å². The number of rotatable bonds is 2. The van der Waals surface area contributed by atoms with E-state index in [-0.39, 0.29) is 13.1 Å². The second-order valence-electron chi connectivity index (χ2n) is 5.30. The van der Waals surface area contributed by atoms with E-state index in [9.17, 15) is 26.7 Å². The molecule has 1 heterocycles. The van der Waals surface area contributed by atoms with Gasteiger partial charge in [-0.15, -0.1) is 0 Å². The first kappa shape index (κ1) is 16.1. The minimum Gasteiger partial charge on any atom is -0.508 e. The lowest BCUT2D eigenvalue weighted by atomic mass is 10.0. The van der Waals surface area contributed by atoms with Gasteiger partial charge < -0.3 is 5.11 Å². The van der Waals surface area contributed by atoms with Crippen molar-refractivity contribution in [3.63, 3.8) is 0 Å². The number of phenols is 1. The van der Waals surface area contributed by atoms with E-state index >= 15 is 0 Å². The third kappa shape index (κ3) is 3.49. The molecule has 0 aromatic heterocycles. The van der Waals surface area contributed by atoms with Crippen LogP contribution in [0.15, 0.2) is 23.1 Å². The lowest BCUT2D eigenvalue weighted by Gasteiger charge is -2.29. The fourth-order valence-corrected chi connectivity index (χ4v) is 3.81. The van der Waals surface area contributed by atoms with Crippen LogP contribution in [0.25, 0.3) is 0 Å². The Labute approximate surface area is 121 Å². The molecule has 21 heavy (non-hydrogen) atoms. The molecule has 118 valence electrons. The van der Waals surface area contributed by atoms with Crippen molar-refractivity contribution in [3.8, 4) is 5.75 Å². The second kappa shape index (κ2) is 5.49. The van der Waals surface area contributed by atoms with Crippen LogP contribution in [0.3, 0.4) is 0 Å². The van der Waals surface area contributed by atoms with E-state index in [4.69, 9.17) is 0 Å². The Hall–Kier alpha value is -1.28. The smallest absolute Gasteiger partial charge is 0.416 e. The normalized spacial score (nSPS) is 18.9. The van der Waals surface area contributed by atoms with Gasteiger partial charge in [0, 0.05) is 13.1 Å². The molecule has 2 rings (SSSR count). The molecule has 1 saturated heterocycles. The minimum atomic E-state index is -4.71. The quantitative estimate of drug-likeness (QED) is 0.910. The van der Waals surface area contributed by atoms with Gasteiger partial charge in [-0.3, -0.25) is 0 Å². The Kier molecular flexibility index (Phi) is 4.21. The van der Waals surface area contributed by atoms with Crippen LogP contribution in [0.1, 0.15) is 25.3 Å². The summed E-state index contributed by atoms with van der Waals surface area (Å²) in [7, 11) is -4.02. The standard InChI is InChI=1S/C13H16F3NO3S/c1-9-2-4-17(5-3-9)21(19,20)12-7-10(13(14,15)16)6-11(18)8-12/h6-9,18H,2-5H2,1H3. The molecule has 0 unspecified atom stereocenters. The van der Waals surface area contributed by atoms with Gasteiger partial charge in [0.1, 0.15) is 5.75 Å². The molecule has 1 aromatic carbocycles. The fourth-order valence-electron chi connectivity index (χ4n) is 2.27. The first-order chi connectivity index (χ1) is 9.60. The van der Waals surface area contributed by atoms with Gasteiger partial charge in [-0.1, -0.05) is 6.92 Å². The number of halogens is 3. The lowest BCUT2D eigenvalue weighted by Crippen LogP contribution is -2.37. The summed E-state index contributed by atoms with van der Waals surface area (Å²) in [4.78, 5) is -0.524. The molecule has 1 N–H and O–H groups in total. The van der Waals surface area contributed by atoms with Gasteiger partial charge in [-0.2, -0.15) is 17.5 Å². The summed E-state index contributed by atoms with van der Waals surface area (Å²) < 4.78 is 64.0. The summed E-state index contributed by atoms with van der Waals surface area (Å²) in [6.45, 7) is 2.56. The third-order valence-electron chi connectivity index (χ3n) is 3.60. The zero-order valence-electron chi connectivity index (χ0n) is 11.4. The fraction of sp³-hybridized carbons (Fsp3) is 0.538. The molecular formula is C13H16F3NO3S. The molecule has 0 atom stereocenters. The van der Waals surface area contributed by atoms with Crippen molar-refractivity contribution in [2.45, 2.75) is 30.8 Å². The Morgan fingerprint density at radius 1 is 1.19 bits per heavy atom. The summed E-state index contributed by atoms with van der Waals surface area (Å²) in [5, 5.41) is 9.38. The summed E-state index contributed by atoms with van der Waals surface area (Å²) in [5.74, 6) is -0.319. The zero-order valence-corrected chi connectivity index (χ0v) is 12.2. The summed E-state index contributed by atoms with van der Waals surface area (Å²) in [5.41, 5.74) is -1.17. The van der Waals surface area contributed by atoms with E-state index in [0.717, 1.165) is 6.07 Å². The van der Waals surface area contributed by atoms with E-state index in [1.807, 2.05) is 6.92 Å². The Balaban J connectivity index is 2.38. The molecular weight excluding hydrogens is 307 g/mol. The van der Waals surface area contributed by atoms with Gasteiger partial charge in [-0.25, -0.2) is 8.42 Å². The van der Waals surface area contributed by atoms with Crippen molar-refractivity contribution >= 4 is 10.0 Å². The number of alkyl halides is 3. The average Bonchev–Trinajstić information content (AvgIpc) is 2.37. The largest absolute Gasteiger partial charge is 0.508 e. The average molecular weight is 323 g/mol. The molecule has 0 bridgehead atoms. The molecule has 4 nitrogen and oxygen atoms in total. The summed E-state index contributed by atoms with van der Waals surface area (Å²) in [6.07, 6.45) is -3.37. The van der Waals surface area contributed by atoms with Crippen LogP contribution in [0.2, 0.25) is 0 Å². The van der Waals surface area contributed by atoms with E-state index in [1.54, 1.807) is 0 Å². The maximum absolute atomic E-state index is 12.7. The molecule has 1 fully saturated rings. The van der Waals surface area contributed by atoms with E-state index < -0.39 is 32.4 Å². The molecule has 0 saturated carbocycles. The molecule has 0 spiro atoms. The van der Waals surface area contributed by atoms with Crippen LogP contribution in [-0.4, -0.2) is 30.9 Å². The van der Waals surface area contributed by atoms with Crippen molar-refractivity contribution in [2.24, 2.45) is 5.92 Å². The number of hydrogen-bond donors (Lipinski definition) is 1. The number of sulfonamides is 1. The maximum atomic E-state index is 12.7. The number of nitrogens with zero attached hydrogens (tertiary/aromatic N) is 1. The van der Waals surface area contributed by atoms with Gasteiger partial charge in [0.2, 0.25) is 10.0 Å². The van der Waals surface area contributed by atoms with Crippen LogP contribution >= 0.6 is 0 Å². The minimum absolute atomic E-state index is 0.278. The second-order valence-corrected chi connectivity index (χ2v) is 7.24. The van der Waals surface area contributed by atoms with Crippen LogP contribution < -0.4 is 0 Å². The number of aromatic hydroxyl groups is 1. The van der Waals surface area contributed by atoms with Crippen molar-refractivity contribution in [2.75, 3.05) is 13.1 Å². The Morgan fingerprint density at radius 2 is 1.76 bits per heavy atom. The number of phenolic OH excluding ortho intramolecular Hbond substituents is 1. The van der Waals surface area contributed by atoms with Gasteiger partial charge in [0.15, 0.2) is 0 Å². The molecule has 8 heteroatoms. The highest BCUT2D eigenvalue weighted by atomic mass is 32.2. The van der Waals surface area contributed by atoms with Crippen molar-refractivity contribution < 1.29 is 26.7 Å². The van der Waals surface area contributed by atoms with Crippen molar-refractivity contribution in [1.29, 1.82) is 0 Å². The SMILES string of the molecule is CC1CCN(S(=O)(=O)c2cc(O)cc(C(F)(F)F)c2)CC1. The Bertz CT molecular complexity index is 620. The Morgan fingerprint density at radius 3 is 2.29 bits per heavy atom. The van der Waals surface area contributed by atoms with Crippen LogP contribution in [0.5, 0.6) is 5.75 Å². The summed E-state index contributed by atoms with van der Waals surface area (Å²) in [6, 6.07) is 1.92. The first-order valence-electron chi connectivity index (χ1n) is 6.52. The number of piperidine rings is 1. The predicted octanol–water partition coefficient (Wildman–Crippen LogP) is 2.83. The van der Waals surface area contributed by atoms with Gasteiger partial charge in [0.25, 0.3) is 0 Å². The van der Waals surface area contributed by atoms with Gasteiger partial charge >= 0.3 is 6.18 Å². The molecule has 1 aromatic rings. The molecule has 0 radical (unpaired) electrons. The van der Waals surface area contributed by atoms with Crippen molar-refractivity contribution in [3.05, 3.63) is 23.8 Å². The zero-order chi connectivity index (χ0) is 15.8. The van der Waals surface area contributed by atoms with E-state index in [0.29, 0.717) is 30.9 Å². The summed E-state index contributed by atoms with van der Waals surface area (Å²) >= 11 is 0. The molecule has 1 aliphatic heterocycles. The third-order valence-corrected chi connectivity index (χ3v) is 5.48. The van der Waals surface area contributed by atoms with Crippen LogP contribution in [0, 0.1) is 5.92 Å². The predicted molar refractivity (Wildman–Crippen MR) is 70.3 cm³/mol. The lowest BCUT2D eigenvalue weighted by molar-refractivity contribution is -0.137. The first-order valence-corrected chi connectivity index (χ1v) is 7.96.